The first-order chi connectivity index (χ1) is 13.5. The zero-order valence-corrected chi connectivity index (χ0v) is 16.7. The summed E-state index contributed by atoms with van der Waals surface area (Å²) in [6.07, 6.45) is 0. The van der Waals surface area contributed by atoms with Crippen molar-refractivity contribution in [1.29, 1.82) is 0 Å². The third-order valence-corrected chi connectivity index (χ3v) is 5.27. The van der Waals surface area contributed by atoms with Crippen LogP contribution >= 0.6 is 11.8 Å². The van der Waals surface area contributed by atoms with Gasteiger partial charge in [0.15, 0.2) is 11.0 Å². The van der Waals surface area contributed by atoms with Crippen LogP contribution in [0.4, 0.5) is 10.5 Å². The summed E-state index contributed by atoms with van der Waals surface area (Å²) in [5.41, 5.74) is 2.70. The molecule has 1 heterocycles. The van der Waals surface area contributed by atoms with Crippen molar-refractivity contribution in [1.82, 2.24) is 20.1 Å². The number of carbonyl (C=O) groups excluding carboxylic acids is 2. The number of hydrogen-bond donors (Lipinski definition) is 2. The van der Waals surface area contributed by atoms with Crippen LogP contribution in [0.15, 0.2) is 59.8 Å². The molecule has 0 aliphatic carbocycles. The van der Waals surface area contributed by atoms with Crippen LogP contribution in [0.25, 0.3) is 11.4 Å². The fourth-order valence-corrected chi connectivity index (χ4v) is 3.40. The van der Waals surface area contributed by atoms with E-state index in [4.69, 9.17) is 0 Å². The number of carbonyl (C=O) groups is 2. The fourth-order valence-electron chi connectivity index (χ4n) is 2.58. The third kappa shape index (κ3) is 4.58. The lowest BCUT2D eigenvalue weighted by Gasteiger charge is -2.12. The van der Waals surface area contributed by atoms with Gasteiger partial charge in [0.05, 0.1) is 5.25 Å². The van der Waals surface area contributed by atoms with E-state index in [9.17, 15) is 9.59 Å². The van der Waals surface area contributed by atoms with Crippen LogP contribution < -0.4 is 10.6 Å². The van der Waals surface area contributed by atoms with Crippen LogP contribution in [-0.4, -0.2) is 32.0 Å². The highest BCUT2D eigenvalue weighted by Gasteiger charge is 2.21. The zero-order valence-electron chi connectivity index (χ0n) is 15.8. The van der Waals surface area contributed by atoms with Gasteiger partial charge in [0.25, 0.3) is 0 Å². The molecule has 0 radical (unpaired) electrons. The van der Waals surface area contributed by atoms with Gasteiger partial charge in [-0.3, -0.25) is 10.1 Å². The lowest BCUT2D eigenvalue weighted by atomic mass is 10.1. The zero-order chi connectivity index (χ0) is 20.1. The minimum absolute atomic E-state index is 0.404. The molecule has 1 unspecified atom stereocenters. The largest absolute Gasteiger partial charge is 0.325 e. The van der Waals surface area contributed by atoms with Crippen LogP contribution in [0.5, 0.6) is 0 Å². The summed E-state index contributed by atoms with van der Waals surface area (Å²) < 4.78 is 1.85. The van der Waals surface area contributed by atoms with Crippen molar-refractivity contribution in [3.8, 4) is 11.4 Å². The second-order valence-electron chi connectivity index (χ2n) is 6.25. The number of amides is 3. The molecule has 0 aliphatic rings. The van der Waals surface area contributed by atoms with E-state index in [-0.39, 0.29) is 0 Å². The van der Waals surface area contributed by atoms with Crippen LogP contribution in [0.3, 0.4) is 0 Å². The number of hydrogen-bond acceptors (Lipinski definition) is 5. The quantitative estimate of drug-likeness (QED) is 0.644. The maximum Gasteiger partial charge on any atom is 0.325 e. The Hall–Kier alpha value is -3.13. The van der Waals surface area contributed by atoms with Gasteiger partial charge in [0, 0.05) is 18.3 Å². The van der Waals surface area contributed by atoms with Gasteiger partial charge >= 0.3 is 6.03 Å². The summed E-state index contributed by atoms with van der Waals surface area (Å²) in [7, 11) is 1.86. The molecule has 3 aromatic rings. The van der Waals surface area contributed by atoms with Gasteiger partial charge in [-0.25, -0.2) is 4.79 Å². The van der Waals surface area contributed by atoms with Crippen molar-refractivity contribution >= 4 is 29.4 Å². The average Bonchev–Trinajstić information content (AvgIpc) is 3.03. The van der Waals surface area contributed by atoms with Crippen molar-refractivity contribution < 1.29 is 9.59 Å². The standard InChI is InChI=1S/C20H21N5O2S/c1-13-9-7-8-12-16(13)17-23-24-20(25(17)3)28-14(2)18(26)22-19(27)21-15-10-5-4-6-11-15/h4-12,14H,1-3H3,(H2,21,22,26,27). The smallest absolute Gasteiger partial charge is 0.308 e. The highest BCUT2D eigenvalue weighted by Crippen LogP contribution is 2.27. The van der Waals surface area contributed by atoms with E-state index in [1.165, 1.54) is 11.8 Å². The summed E-state index contributed by atoms with van der Waals surface area (Å²) in [6, 6.07) is 16.3. The van der Waals surface area contributed by atoms with Crippen LogP contribution in [0.1, 0.15) is 12.5 Å². The first-order valence-electron chi connectivity index (χ1n) is 8.74. The predicted octanol–water partition coefficient (Wildman–Crippen LogP) is 3.62. The molecule has 2 aromatic carbocycles. The van der Waals surface area contributed by atoms with Gasteiger partial charge in [0.2, 0.25) is 5.91 Å². The number of anilines is 1. The number of para-hydroxylation sites is 1. The molecule has 2 N–H and O–H groups in total. The molecule has 0 aliphatic heterocycles. The minimum atomic E-state index is -0.567. The Kier molecular flexibility index (Phi) is 6.10. The van der Waals surface area contributed by atoms with Gasteiger partial charge in [-0.15, -0.1) is 10.2 Å². The number of nitrogens with zero attached hydrogens (tertiary/aromatic N) is 3. The highest BCUT2D eigenvalue weighted by molar-refractivity contribution is 8.00. The molecule has 0 saturated heterocycles. The van der Waals surface area contributed by atoms with Gasteiger partial charge in [-0.2, -0.15) is 0 Å². The van der Waals surface area contributed by atoms with E-state index in [0.717, 1.165) is 17.0 Å². The first kappa shape index (κ1) is 19.6. The van der Waals surface area contributed by atoms with Crippen LogP contribution in [0.2, 0.25) is 0 Å². The fraction of sp³-hybridized carbons (Fsp3) is 0.200. The molecule has 8 heteroatoms. The topological polar surface area (TPSA) is 88.9 Å². The number of imide groups is 1. The second-order valence-corrected chi connectivity index (χ2v) is 7.56. The number of rotatable bonds is 5. The monoisotopic (exact) mass is 395 g/mol. The Balaban J connectivity index is 1.63. The number of thioether (sulfide) groups is 1. The van der Waals surface area contributed by atoms with E-state index in [1.54, 1.807) is 31.2 Å². The molecular weight excluding hydrogens is 374 g/mol. The Bertz CT molecular complexity index is 987. The molecule has 3 amide bonds. The predicted molar refractivity (Wildman–Crippen MR) is 110 cm³/mol. The van der Waals surface area contributed by atoms with Crippen molar-refractivity contribution in [3.63, 3.8) is 0 Å². The third-order valence-electron chi connectivity index (χ3n) is 4.14. The summed E-state index contributed by atoms with van der Waals surface area (Å²) in [5, 5.41) is 13.5. The van der Waals surface area contributed by atoms with Crippen molar-refractivity contribution in [2.45, 2.75) is 24.3 Å². The second kappa shape index (κ2) is 8.71. The summed E-state index contributed by atoms with van der Waals surface area (Å²) in [5.74, 6) is 0.328. The van der Waals surface area contributed by atoms with Crippen molar-refractivity contribution in [2.75, 3.05) is 5.32 Å². The highest BCUT2D eigenvalue weighted by atomic mass is 32.2. The number of urea groups is 1. The molecule has 28 heavy (non-hydrogen) atoms. The van der Waals surface area contributed by atoms with E-state index < -0.39 is 17.2 Å². The van der Waals surface area contributed by atoms with Gasteiger partial charge < -0.3 is 9.88 Å². The molecule has 144 valence electrons. The molecule has 0 fully saturated rings. The summed E-state index contributed by atoms with van der Waals surface area (Å²) in [4.78, 5) is 24.3. The van der Waals surface area contributed by atoms with Crippen LogP contribution in [0, 0.1) is 6.92 Å². The molecular formula is C20H21N5O2S. The van der Waals surface area contributed by atoms with E-state index in [1.807, 2.05) is 48.9 Å². The maximum absolute atomic E-state index is 12.3. The number of benzene rings is 2. The lowest BCUT2D eigenvalue weighted by Crippen LogP contribution is -2.38. The molecule has 0 saturated carbocycles. The minimum Gasteiger partial charge on any atom is -0.308 e. The molecule has 7 nitrogen and oxygen atoms in total. The Labute approximate surface area is 167 Å². The van der Waals surface area contributed by atoms with Gasteiger partial charge in [-0.1, -0.05) is 54.2 Å². The lowest BCUT2D eigenvalue weighted by molar-refractivity contribution is -0.119. The van der Waals surface area contributed by atoms with E-state index in [2.05, 4.69) is 20.8 Å². The summed E-state index contributed by atoms with van der Waals surface area (Å²) >= 11 is 1.25. The maximum atomic E-state index is 12.3. The summed E-state index contributed by atoms with van der Waals surface area (Å²) in [6.45, 7) is 3.73. The Morgan fingerprint density at radius 1 is 1.04 bits per heavy atom. The van der Waals surface area contributed by atoms with E-state index in [0.29, 0.717) is 10.8 Å². The van der Waals surface area contributed by atoms with Crippen LogP contribution in [-0.2, 0) is 11.8 Å². The molecule has 0 bridgehead atoms. The number of aryl methyl sites for hydroxylation is 1. The molecule has 3 rings (SSSR count). The molecule has 1 atom stereocenters. The number of aromatic nitrogens is 3. The first-order valence-corrected chi connectivity index (χ1v) is 9.62. The Morgan fingerprint density at radius 2 is 1.71 bits per heavy atom. The van der Waals surface area contributed by atoms with Crippen molar-refractivity contribution in [3.05, 3.63) is 60.2 Å². The van der Waals surface area contributed by atoms with Crippen molar-refractivity contribution in [2.24, 2.45) is 7.05 Å². The van der Waals surface area contributed by atoms with E-state index >= 15 is 0 Å². The average molecular weight is 395 g/mol. The molecule has 0 spiro atoms. The van der Waals surface area contributed by atoms with Gasteiger partial charge in [-0.05, 0) is 31.5 Å². The Morgan fingerprint density at radius 3 is 2.43 bits per heavy atom. The number of nitrogens with one attached hydrogen (secondary N) is 2. The van der Waals surface area contributed by atoms with Gasteiger partial charge in [0.1, 0.15) is 0 Å². The molecule has 1 aromatic heterocycles. The normalized spacial score (nSPS) is 11.7. The SMILES string of the molecule is Cc1ccccc1-c1nnc(SC(C)C(=O)NC(=O)Nc2ccccc2)n1C.